The van der Waals surface area contributed by atoms with Crippen LogP contribution < -0.4 is 10.6 Å². The van der Waals surface area contributed by atoms with Crippen LogP contribution in [0.15, 0.2) is 0 Å². The molecule has 0 aliphatic carbocycles. The van der Waals surface area contributed by atoms with Crippen molar-refractivity contribution >= 4 is 17.9 Å². The minimum absolute atomic E-state index is 0.00659. The van der Waals surface area contributed by atoms with Crippen molar-refractivity contribution < 1.29 is 19.5 Å². The van der Waals surface area contributed by atoms with E-state index >= 15 is 0 Å². The quantitative estimate of drug-likeness (QED) is 0.584. The van der Waals surface area contributed by atoms with E-state index in [0.717, 1.165) is 0 Å². The van der Waals surface area contributed by atoms with E-state index in [-0.39, 0.29) is 25.3 Å². The summed E-state index contributed by atoms with van der Waals surface area (Å²) in [6, 6.07) is -0.837. The summed E-state index contributed by atoms with van der Waals surface area (Å²) < 4.78 is 0. The van der Waals surface area contributed by atoms with Crippen molar-refractivity contribution in [3.63, 3.8) is 0 Å². The summed E-state index contributed by atoms with van der Waals surface area (Å²) in [6.07, 6.45) is 0.672. The van der Waals surface area contributed by atoms with E-state index in [1.807, 2.05) is 13.8 Å². The maximum atomic E-state index is 11.7. The van der Waals surface area contributed by atoms with Crippen LogP contribution in [0.1, 0.15) is 40.0 Å². The monoisotopic (exact) mass is 287 g/mol. The summed E-state index contributed by atoms with van der Waals surface area (Å²) in [5.41, 5.74) is 0. The minimum atomic E-state index is -0.950. The standard InChI is InChI=1S/C13H25N3O4/c1-4-10(9-12(18)19)15-13(20)14-8-7-11(17)16(5-2)6-3/h10H,4-9H2,1-3H3,(H,18,19)(H2,14,15,20). The second-order valence-corrected chi connectivity index (χ2v) is 4.42. The van der Waals surface area contributed by atoms with Crippen LogP contribution in [-0.2, 0) is 9.59 Å². The summed E-state index contributed by atoms with van der Waals surface area (Å²) in [6.45, 7) is 7.15. The van der Waals surface area contributed by atoms with Crippen LogP contribution in [0.25, 0.3) is 0 Å². The molecule has 1 atom stereocenters. The lowest BCUT2D eigenvalue weighted by atomic mass is 10.1. The molecule has 0 aromatic rings. The van der Waals surface area contributed by atoms with Crippen molar-refractivity contribution in [1.82, 2.24) is 15.5 Å². The van der Waals surface area contributed by atoms with E-state index in [1.54, 1.807) is 11.8 Å². The van der Waals surface area contributed by atoms with Gasteiger partial charge in [0.05, 0.1) is 6.42 Å². The van der Waals surface area contributed by atoms with E-state index in [4.69, 9.17) is 5.11 Å². The highest BCUT2D eigenvalue weighted by molar-refractivity contribution is 5.78. The molecule has 0 aliphatic heterocycles. The van der Waals surface area contributed by atoms with Gasteiger partial charge in [0.25, 0.3) is 0 Å². The smallest absolute Gasteiger partial charge is 0.315 e. The molecule has 0 aliphatic rings. The maximum Gasteiger partial charge on any atom is 0.315 e. The number of nitrogens with zero attached hydrogens (tertiary/aromatic N) is 1. The van der Waals surface area contributed by atoms with Crippen molar-refractivity contribution in [3.05, 3.63) is 0 Å². The summed E-state index contributed by atoms with van der Waals surface area (Å²) in [7, 11) is 0. The second-order valence-electron chi connectivity index (χ2n) is 4.42. The lowest BCUT2D eigenvalue weighted by molar-refractivity contribution is -0.137. The normalized spacial score (nSPS) is 11.6. The van der Waals surface area contributed by atoms with Gasteiger partial charge in [-0.2, -0.15) is 0 Å². The molecule has 7 heteroatoms. The van der Waals surface area contributed by atoms with Crippen molar-refractivity contribution in [2.75, 3.05) is 19.6 Å². The fourth-order valence-corrected chi connectivity index (χ4v) is 1.76. The van der Waals surface area contributed by atoms with Crippen LogP contribution in [-0.4, -0.2) is 53.6 Å². The van der Waals surface area contributed by atoms with E-state index in [1.165, 1.54) is 0 Å². The van der Waals surface area contributed by atoms with Gasteiger partial charge < -0.3 is 20.6 Å². The Bertz CT molecular complexity index is 330. The molecule has 7 nitrogen and oxygen atoms in total. The van der Waals surface area contributed by atoms with Crippen molar-refractivity contribution in [3.8, 4) is 0 Å². The number of carboxylic acid groups (broad SMARTS) is 1. The number of hydrogen-bond acceptors (Lipinski definition) is 3. The zero-order chi connectivity index (χ0) is 15.5. The highest BCUT2D eigenvalue weighted by Crippen LogP contribution is 1.97. The molecule has 0 saturated heterocycles. The van der Waals surface area contributed by atoms with Crippen LogP contribution in [0, 0.1) is 0 Å². The highest BCUT2D eigenvalue weighted by atomic mass is 16.4. The van der Waals surface area contributed by atoms with Gasteiger partial charge in [0.2, 0.25) is 5.91 Å². The highest BCUT2D eigenvalue weighted by Gasteiger charge is 2.14. The number of urea groups is 1. The average Bonchev–Trinajstić information content (AvgIpc) is 2.38. The second kappa shape index (κ2) is 10.1. The molecule has 3 N–H and O–H groups in total. The van der Waals surface area contributed by atoms with Crippen LogP contribution in [0.3, 0.4) is 0 Å². The van der Waals surface area contributed by atoms with Crippen molar-refractivity contribution in [1.29, 1.82) is 0 Å². The zero-order valence-electron chi connectivity index (χ0n) is 12.4. The first-order valence-electron chi connectivity index (χ1n) is 6.98. The number of nitrogens with one attached hydrogen (secondary N) is 2. The first kappa shape index (κ1) is 18.2. The first-order chi connectivity index (χ1) is 9.44. The third-order valence-corrected chi connectivity index (χ3v) is 2.99. The number of amides is 3. The van der Waals surface area contributed by atoms with Crippen LogP contribution in [0.5, 0.6) is 0 Å². The third-order valence-electron chi connectivity index (χ3n) is 2.99. The van der Waals surface area contributed by atoms with E-state index < -0.39 is 18.0 Å². The van der Waals surface area contributed by atoms with Gasteiger partial charge >= 0.3 is 12.0 Å². The lowest BCUT2D eigenvalue weighted by Gasteiger charge is -2.19. The Morgan fingerprint density at radius 3 is 2.20 bits per heavy atom. The molecule has 116 valence electrons. The first-order valence-corrected chi connectivity index (χ1v) is 6.98. The van der Waals surface area contributed by atoms with E-state index in [2.05, 4.69) is 10.6 Å². The molecule has 0 heterocycles. The molecule has 0 rings (SSSR count). The Balaban J connectivity index is 3.98. The minimum Gasteiger partial charge on any atom is -0.481 e. The molecule has 1 unspecified atom stereocenters. The molecular formula is C13H25N3O4. The number of carbonyl (C=O) groups is 3. The Morgan fingerprint density at radius 1 is 1.15 bits per heavy atom. The zero-order valence-corrected chi connectivity index (χ0v) is 12.4. The van der Waals surface area contributed by atoms with Crippen LogP contribution in [0.2, 0.25) is 0 Å². The van der Waals surface area contributed by atoms with Gasteiger partial charge in [-0.1, -0.05) is 6.92 Å². The van der Waals surface area contributed by atoms with Gasteiger partial charge in [-0.15, -0.1) is 0 Å². The third kappa shape index (κ3) is 7.60. The summed E-state index contributed by atoms with van der Waals surface area (Å²) in [4.78, 5) is 35.5. The topological polar surface area (TPSA) is 98.7 Å². The predicted molar refractivity (Wildman–Crippen MR) is 75.4 cm³/mol. The van der Waals surface area contributed by atoms with Crippen molar-refractivity contribution in [2.45, 2.75) is 46.1 Å². The summed E-state index contributed by atoms with van der Waals surface area (Å²) in [5, 5.41) is 13.8. The van der Waals surface area contributed by atoms with Gasteiger partial charge in [0.1, 0.15) is 0 Å². The fraction of sp³-hybridized carbons (Fsp3) is 0.769. The molecule has 0 radical (unpaired) electrons. The molecule has 0 spiro atoms. The van der Waals surface area contributed by atoms with Gasteiger partial charge in [0, 0.05) is 32.1 Å². The van der Waals surface area contributed by atoms with Gasteiger partial charge in [-0.05, 0) is 20.3 Å². The van der Waals surface area contributed by atoms with Crippen LogP contribution in [0.4, 0.5) is 4.79 Å². The lowest BCUT2D eigenvalue weighted by Crippen LogP contribution is -2.44. The molecule has 0 aromatic heterocycles. The number of hydrogen-bond donors (Lipinski definition) is 3. The van der Waals surface area contributed by atoms with E-state index in [9.17, 15) is 14.4 Å². The predicted octanol–water partition coefficient (Wildman–Crippen LogP) is 0.797. The maximum absolute atomic E-state index is 11.7. The largest absolute Gasteiger partial charge is 0.481 e. The Morgan fingerprint density at radius 2 is 1.75 bits per heavy atom. The van der Waals surface area contributed by atoms with Gasteiger partial charge in [-0.25, -0.2) is 4.79 Å². The van der Waals surface area contributed by atoms with Crippen LogP contribution >= 0.6 is 0 Å². The SMILES string of the molecule is CCC(CC(=O)O)NC(=O)NCCC(=O)N(CC)CC. The number of rotatable bonds is 9. The number of carboxylic acids is 1. The summed E-state index contributed by atoms with van der Waals surface area (Å²) >= 11 is 0. The fourth-order valence-electron chi connectivity index (χ4n) is 1.76. The molecule has 0 fully saturated rings. The summed E-state index contributed by atoms with van der Waals surface area (Å²) in [5.74, 6) is -0.957. The molecule has 3 amide bonds. The number of carbonyl (C=O) groups excluding carboxylic acids is 2. The van der Waals surface area contributed by atoms with Gasteiger partial charge in [0.15, 0.2) is 0 Å². The Labute approximate surface area is 119 Å². The Hall–Kier alpha value is -1.79. The molecule has 20 heavy (non-hydrogen) atoms. The van der Waals surface area contributed by atoms with E-state index in [0.29, 0.717) is 19.5 Å². The van der Waals surface area contributed by atoms with Gasteiger partial charge in [-0.3, -0.25) is 9.59 Å². The average molecular weight is 287 g/mol. The molecular weight excluding hydrogens is 262 g/mol. The molecule has 0 aromatic carbocycles. The molecule has 0 bridgehead atoms. The molecule has 0 saturated carbocycles. The number of aliphatic carboxylic acids is 1. The van der Waals surface area contributed by atoms with Crippen molar-refractivity contribution in [2.24, 2.45) is 0 Å². The Kier molecular flexibility index (Phi) is 9.15.